The molecule has 35 heavy (non-hydrogen) atoms. The Labute approximate surface area is 216 Å². The molecule has 0 aliphatic heterocycles. The monoisotopic (exact) mass is 527 g/mol. The number of aromatic nitrogens is 1. The van der Waals surface area contributed by atoms with Gasteiger partial charge in [-0.25, -0.2) is 10.8 Å². The molecular weight excluding hydrogens is 482 g/mol. The number of nitrogens with zero attached hydrogens (tertiary/aromatic N) is 1. The molecule has 1 aromatic heterocycles. The summed E-state index contributed by atoms with van der Waals surface area (Å²) in [7, 11) is -3.85. The number of ether oxygens (including phenoxy) is 1. The van der Waals surface area contributed by atoms with Crippen molar-refractivity contribution in [1.82, 2.24) is 4.98 Å². The van der Waals surface area contributed by atoms with Crippen LogP contribution in [0.15, 0.2) is 18.2 Å². The molecule has 1 heterocycles. The molecule has 0 aliphatic rings. The van der Waals surface area contributed by atoms with Crippen molar-refractivity contribution in [1.29, 1.82) is 0 Å². The van der Waals surface area contributed by atoms with Gasteiger partial charge in [0.25, 0.3) is 10.1 Å². The van der Waals surface area contributed by atoms with Crippen LogP contribution in [0, 0.1) is 5.92 Å². The second-order valence-electron chi connectivity index (χ2n) is 9.55. The van der Waals surface area contributed by atoms with Crippen molar-refractivity contribution in [2.45, 2.75) is 103 Å². The Morgan fingerprint density at radius 2 is 1.60 bits per heavy atom. The van der Waals surface area contributed by atoms with Crippen molar-refractivity contribution in [3.63, 3.8) is 0 Å². The average molecular weight is 528 g/mol. The summed E-state index contributed by atoms with van der Waals surface area (Å²) >= 11 is 1.51. The van der Waals surface area contributed by atoms with Crippen LogP contribution < -0.4 is 16.0 Å². The van der Waals surface area contributed by atoms with E-state index >= 15 is 0 Å². The molecule has 0 bridgehead atoms. The van der Waals surface area contributed by atoms with Gasteiger partial charge in [0.1, 0.15) is 5.75 Å². The van der Waals surface area contributed by atoms with Gasteiger partial charge in [-0.15, -0.1) is 0 Å². The number of hydrogen-bond acceptors (Lipinski definition) is 7. The smallest absolute Gasteiger partial charge is 0.264 e. The summed E-state index contributed by atoms with van der Waals surface area (Å²) in [6.07, 6.45) is 17.3. The summed E-state index contributed by atoms with van der Waals surface area (Å²) in [6, 6.07) is 5.92. The van der Waals surface area contributed by atoms with Crippen LogP contribution in [0.3, 0.4) is 0 Å². The van der Waals surface area contributed by atoms with Gasteiger partial charge in [0.05, 0.1) is 22.6 Å². The fourth-order valence-electron chi connectivity index (χ4n) is 4.51. The lowest BCUT2D eigenvalue weighted by molar-refractivity contribution is 0.303. The fourth-order valence-corrected chi connectivity index (χ4v) is 5.85. The normalized spacial score (nSPS) is 12.8. The zero-order chi connectivity index (χ0) is 25.4. The van der Waals surface area contributed by atoms with Gasteiger partial charge in [0.2, 0.25) is 0 Å². The number of anilines is 1. The summed E-state index contributed by atoms with van der Waals surface area (Å²) in [6.45, 7) is 2.94. The van der Waals surface area contributed by atoms with Crippen molar-refractivity contribution in [2.24, 2.45) is 11.8 Å². The summed E-state index contributed by atoms with van der Waals surface area (Å²) < 4.78 is 38.1. The highest BCUT2D eigenvalue weighted by molar-refractivity contribution is 7.85. The first kappa shape index (κ1) is 29.8. The van der Waals surface area contributed by atoms with E-state index in [9.17, 15) is 8.42 Å². The van der Waals surface area contributed by atoms with Crippen LogP contribution in [-0.2, 0) is 10.1 Å². The van der Waals surface area contributed by atoms with Gasteiger partial charge < -0.3 is 4.74 Å². The molecule has 7 nitrogen and oxygen atoms in total. The number of unbranched alkanes of at least 4 members (excludes halogenated alkanes) is 9. The lowest BCUT2D eigenvalue weighted by Crippen LogP contribution is -2.08. The van der Waals surface area contributed by atoms with E-state index in [1.54, 1.807) is 0 Å². The molecule has 200 valence electrons. The third-order valence-electron chi connectivity index (χ3n) is 6.49. The van der Waals surface area contributed by atoms with E-state index < -0.39 is 10.1 Å². The van der Waals surface area contributed by atoms with E-state index in [2.05, 4.69) is 17.3 Å². The van der Waals surface area contributed by atoms with Crippen LogP contribution >= 0.6 is 11.3 Å². The first-order chi connectivity index (χ1) is 16.9. The highest BCUT2D eigenvalue weighted by atomic mass is 32.2. The zero-order valence-corrected chi connectivity index (χ0v) is 23.0. The van der Waals surface area contributed by atoms with Crippen molar-refractivity contribution in [3.05, 3.63) is 18.2 Å². The van der Waals surface area contributed by atoms with Crippen molar-refractivity contribution >= 4 is 36.8 Å². The summed E-state index contributed by atoms with van der Waals surface area (Å²) in [5.41, 5.74) is 3.51. The van der Waals surface area contributed by atoms with Gasteiger partial charge in [-0.2, -0.15) is 8.42 Å². The Hall–Kier alpha value is -1.42. The van der Waals surface area contributed by atoms with E-state index in [0.29, 0.717) is 24.1 Å². The van der Waals surface area contributed by atoms with E-state index in [-0.39, 0.29) is 5.75 Å². The maximum atomic E-state index is 11.1. The molecule has 0 saturated carbocycles. The van der Waals surface area contributed by atoms with Crippen molar-refractivity contribution in [2.75, 3.05) is 17.8 Å². The van der Waals surface area contributed by atoms with Crippen LogP contribution in [0.5, 0.6) is 5.75 Å². The Morgan fingerprint density at radius 1 is 0.971 bits per heavy atom. The van der Waals surface area contributed by atoms with Crippen molar-refractivity contribution < 1.29 is 17.7 Å². The number of benzene rings is 1. The number of fused-ring (bicyclic) bond motifs is 1. The molecule has 0 aliphatic carbocycles. The third-order valence-corrected chi connectivity index (χ3v) is 8.24. The number of nitrogens with one attached hydrogen (secondary N) is 1. The van der Waals surface area contributed by atoms with Crippen LogP contribution in [0.2, 0.25) is 0 Å². The van der Waals surface area contributed by atoms with Gasteiger partial charge in [-0.3, -0.25) is 9.98 Å². The van der Waals surface area contributed by atoms with Gasteiger partial charge in [-0.05, 0) is 43.4 Å². The molecule has 2 aromatic rings. The summed E-state index contributed by atoms with van der Waals surface area (Å²) in [4.78, 5) is 4.37. The van der Waals surface area contributed by atoms with Crippen LogP contribution in [-0.4, -0.2) is 30.3 Å². The first-order valence-electron chi connectivity index (χ1n) is 13.4. The van der Waals surface area contributed by atoms with E-state index in [4.69, 9.17) is 15.1 Å². The van der Waals surface area contributed by atoms with Crippen LogP contribution in [0.1, 0.15) is 103 Å². The largest absolute Gasteiger partial charge is 0.494 e. The van der Waals surface area contributed by atoms with E-state index in [1.807, 2.05) is 18.2 Å². The number of nitrogens with two attached hydrogens (primary N) is 1. The molecule has 0 spiro atoms. The Bertz CT molecular complexity index is 934. The minimum Gasteiger partial charge on any atom is -0.494 e. The fraction of sp³-hybridized carbons (Fsp3) is 0.731. The SMILES string of the molecule is CCCCCCCCC(CCCCCCCOc1ccc2nc(NN)sc2c1)CCCS(=O)(=O)O. The zero-order valence-electron chi connectivity index (χ0n) is 21.3. The molecule has 0 fully saturated rings. The maximum Gasteiger partial charge on any atom is 0.264 e. The minimum atomic E-state index is -3.85. The predicted molar refractivity (Wildman–Crippen MR) is 148 cm³/mol. The summed E-state index contributed by atoms with van der Waals surface area (Å²) in [5.74, 6) is 6.76. The average Bonchev–Trinajstić information content (AvgIpc) is 3.24. The molecule has 1 aromatic carbocycles. The first-order valence-corrected chi connectivity index (χ1v) is 15.8. The van der Waals surface area contributed by atoms with Gasteiger partial charge in [-0.1, -0.05) is 95.3 Å². The van der Waals surface area contributed by atoms with Crippen LogP contribution in [0.4, 0.5) is 5.13 Å². The van der Waals surface area contributed by atoms with Crippen LogP contribution in [0.25, 0.3) is 10.2 Å². The highest BCUT2D eigenvalue weighted by Gasteiger charge is 2.12. The van der Waals surface area contributed by atoms with E-state index in [0.717, 1.165) is 41.6 Å². The number of thiazole rings is 1. The van der Waals surface area contributed by atoms with Gasteiger partial charge in [0.15, 0.2) is 5.13 Å². The number of hydrazine groups is 1. The number of hydrogen-bond donors (Lipinski definition) is 3. The quantitative estimate of drug-likeness (QED) is 0.0673. The molecule has 2 rings (SSSR count). The van der Waals surface area contributed by atoms with Gasteiger partial charge >= 0.3 is 0 Å². The Kier molecular flexibility index (Phi) is 14.6. The number of nitrogen functional groups attached to an aromatic ring is 1. The molecule has 9 heteroatoms. The highest BCUT2D eigenvalue weighted by Crippen LogP contribution is 2.29. The minimum absolute atomic E-state index is 0.110. The molecule has 0 saturated heterocycles. The Morgan fingerprint density at radius 3 is 2.26 bits per heavy atom. The molecule has 1 unspecified atom stereocenters. The Balaban J connectivity index is 1.58. The second-order valence-corrected chi connectivity index (χ2v) is 12.2. The lowest BCUT2D eigenvalue weighted by atomic mass is 9.90. The van der Waals surface area contributed by atoms with Gasteiger partial charge in [0, 0.05) is 0 Å². The molecular formula is C26H45N3O4S2. The predicted octanol–water partition coefficient (Wildman–Crippen LogP) is 7.34. The second kappa shape index (κ2) is 17.1. The third kappa shape index (κ3) is 13.5. The molecule has 4 N–H and O–H groups in total. The topological polar surface area (TPSA) is 115 Å². The summed E-state index contributed by atoms with van der Waals surface area (Å²) in [5, 5.41) is 0.699. The molecule has 1 atom stereocenters. The standard InChI is InChI=1S/C26H45N3O4S2/c1-2-3-4-5-7-10-14-22(16-13-20-35(30,31)32)15-11-8-6-9-12-19-33-23-17-18-24-25(21-23)34-26(28-24)29-27/h17-18,21-22H,2-16,19-20,27H2,1H3,(H,28,29)(H,30,31,32). The number of rotatable bonds is 21. The van der Waals surface area contributed by atoms with E-state index in [1.165, 1.54) is 75.5 Å². The molecule has 0 radical (unpaired) electrons. The van der Waals surface area contributed by atoms with Crippen molar-refractivity contribution in [3.8, 4) is 5.75 Å². The molecule has 0 amide bonds. The lowest BCUT2D eigenvalue weighted by Gasteiger charge is -2.16. The maximum absolute atomic E-state index is 11.1.